The number of aliphatic hydroxyl groups is 1. The summed E-state index contributed by atoms with van der Waals surface area (Å²) in [5, 5.41) is 13.0. The number of amides is 3. The quantitative estimate of drug-likeness (QED) is 0.585. The van der Waals surface area contributed by atoms with Gasteiger partial charge in [-0.1, -0.05) is 0 Å². The molecule has 8 nitrogen and oxygen atoms in total. The predicted molar refractivity (Wildman–Crippen MR) is 98.9 cm³/mol. The van der Waals surface area contributed by atoms with Gasteiger partial charge in [0.05, 0.1) is 12.6 Å². The summed E-state index contributed by atoms with van der Waals surface area (Å²) in [6, 6.07) is -0.411. The lowest BCUT2D eigenvalue weighted by molar-refractivity contribution is -0.131. The first kappa shape index (κ1) is 19.5. The first-order chi connectivity index (χ1) is 12.3. The van der Waals surface area contributed by atoms with Gasteiger partial charge in [0, 0.05) is 45.8 Å². The second kappa shape index (κ2) is 8.21. The molecule has 0 aliphatic carbocycles. The number of nitrogens with zero attached hydrogens (tertiary/aromatic N) is 4. The van der Waals surface area contributed by atoms with Crippen LogP contribution >= 0.6 is 0 Å². The average Bonchev–Trinajstić information content (AvgIpc) is 3.17. The standard InChI is InChI=1S/C18H33N5O3/c1-18(2)16(25)23(17(26)19-18)14-15(24)13-22-11-9-21(10-12-22)8-7-20-5-3-4-6-20/h15,24H,3-14H2,1-2H3,(H,19,26). The van der Waals surface area contributed by atoms with E-state index < -0.39 is 17.7 Å². The molecule has 3 heterocycles. The summed E-state index contributed by atoms with van der Waals surface area (Å²) in [7, 11) is 0. The summed E-state index contributed by atoms with van der Waals surface area (Å²) in [4.78, 5) is 32.5. The molecule has 3 fully saturated rings. The van der Waals surface area contributed by atoms with E-state index in [2.05, 4.69) is 20.0 Å². The van der Waals surface area contributed by atoms with Crippen LogP contribution in [0.1, 0.15) is 26.7 Å². The number of piperazine rings is 1. The summed E-state index contributed by atoms with van der Waals surface area (Å²) in [5.74, 6) is -0.270. The van der Waals surface area contributed by atoms with Gasteiger partial charge in [-0.3, -0.25) is 19.5 Å². The Bertz CT molecular complexity index is 513. The summed E-state index contributed by atoms with van der Waals surface area (Å²) in [6.45, 7) is 12.5. The smallest absolute Gasteiger partial charge is 0.325 e. The van der Waals surface area contributed by atoms with Gasteiger partial charge in [0.25, 0.3) is 5.91 Å². The number of carbonyl (C=O) groups is 2. The van der Waals surface area contributed by atoms with Crippen molar-refractivity contribution >= 4 is 11.9 Å². The van der Waals surface area contributed by atoms with E-state index in [0.29, 0.717) is 6.54 Å². The minimum absolute atomic E-state index is 0.0588. The van der Waals surface area contributed by atoms with E-state index >= 15 is 0 Å². The number of urea groups is 1. The van der Waals surface area contributed by atoms with Crippen LogP contribution in [0, 0.1) is 0 Å². The fourth-order valence-electron chi connectivity index (χ4n) is 4.03. The van der Waals surface area contributed by atoms with Crippen molar-refractivity contribution in [3.05, 3.63) is 0 Å². The molecule has 148 valence electrons. The Morgan fingerprint density at radius 2 is 1.46 bits per heavy atom. The highest BCUT2D eigenvalue weighted by Gasteiger charge is 2.44. The SMILES string of the molecule is CC1(C)NC(=O)N(CC(O)CN2CCN(CCN3CCCC3)CC2)C1=O. The summed E-state index contributed by atoms with van der Waals surface area (Å²) >= 11 is 0. The number of hydrogen-bond donors (Lipinski definition) is 2. The summed E-state index contributed by atoms with van der Waals surface area (Å²) < 4.78 is 0. The lowest BCUT2D eigenvalue weighted by Crippen LogP contribution is -2.51. The average molecular weight is 367 g/mol. The topological polar surface area (TPSA) is 79.4 Å². The lowest BCUT2D eigenvalue weighted by Gasteiger charge is -2.36. The van der Waals surface area contributed by atoms with E-state index in [-0.39, 0.29) is 12.5 Å². The van der Waals surface area contributed by atoms with Gasteiger partial charge in [0.15, 0.2) is 0 Å². The van der Waals surface area contributed by atoms with E-state index in [1.165, 1.54) is 25.9 Å². The third kappa shape index (κ3) is 4.73. The molecular weight excluding hydrogens is 334 g/mol. The van der Waals surface area contributed by atoms with Crippen molar-refractivity contribution in [3.63, 3.8) is 0 Å². The second-order valence-corrected chi connectivity index (χ2v) is 8.32. The third-order valence-electron chi connectivity index (χ3n) is 5.70. The normalized spacial score (nSPS) is 26.5. The van der Waals surface area contributed by atoms with Gasteiger partial charge in [-0.25, -0.2) is 4.79 Å². The molecule has 3 amide bonds. The van der Waals surface area contributed by atoms with Crippen molar-refractivity contribution < 1.29 is 14.7 Å². The zero-order valence-corrected chi connectivity index (χ0v) is 16.1. The number of nitrogens with one attached hydrogen (secondary N) is 1. The highest BCUT2D eigenvalue weighted by Crippen LogP contribution is 2.17. The van der Waals surface area contributed by atoms with Gasteiger partial charge in [0.1, 0.15) is 5.54 Å². The molecule has 26 heavy (non-hydrogen) atoms. The van der Waals surface area contributed by atoms with Gasteiger partial charge in [-0.2, -0.15) is 0 Å². The van der Waals surface area contributed by atoms with Crippen LogP contribution in [0.15, 0.2) is 0 Å². The first-order valence-corrected chi connectivity index (χ1v) is 9.84. The minimum atomic E-state index is -0.877. The monoisotopic (exact) mass is 367 g/mol. The molecule has 3 rings (SSSR count). The number of rotatable bonds is 7. The van der Waals surface area contributed by atoms with Gasteiger partial charge < -0.3 is 15.3 Å². The van der Waals surface area contributed by atoms with E-state index in [0.717, 1.165) is 44.2 Å². The molecule has 1 atom stereocenters. The maximum absolute atomic E-state index is 12.2. The lowest BCUT2D eigenvalue weighted by atomic mass is 10.1. The highest BCUT2D eigenvalue weighted by molar-refractivity contribution is 6.06. The Labute approximate surface area is 156 Å². The van der Waals surface area contributed by atoms with Crippen LogP contribution in [-0.4, -0.2) is 114 Å². The van der Waals surface area contributed by atoms with Gasteiger partial charge in [0.2, 0.25) is 0 Å². The molecule has 2 N–H and O–H groups in total. The van der Waals surface area contributed by atoms with E-state index in [4.69, 9.17) is 0 Å². The summed E-state index contributed by atoms with van der Waals surface area (Å²) in [6.07, 6.45) is 1.95. The Hall–Kier alpha value is -1.22. The van der Waals surface area contributed by atoms with Gasteiger partial charge in [-0.15, -0.1) is 0 Å². The molecule has 1 unspecified atom stereocenters. The zero-order chi connectivity index (χ0) is 18.7. The number of aliphatic hydroxyl groups excluding tert-OH is 1. The molecule has 3 saturated heterocycles. The van der Waals surface area contributed by atoms with Crippen molar-refractivity contribution in [1.82, 2.24) is 24.9 Å². The molecule has 8 heteroatoms. The molecular formula is C18H33N5O3. The van der Waals surface area contributed by atoms with Crippen molar-refractivity contribution in [1.29, 1.82) is 0 Å². The van der Waals surface area contributed by atoms with E-state index in [9.17, 15) is 14.7 Å². The molecule has 0 bridgehead atoms. The fourth-order valence-corrected chi connectivity index (χ4v) is 4.03. The third-order valence-corrected chi connectivity index (χ3v) is 5.70. The molecule has 0 aromatic carbocycles. The van der Waals surface area contributed by atoms with Crippen LogP contribution in [0.5, 0.6) is 0 Å². The maximum atomic E-state index is 12.2. The molecule has 0 aromatic heterocycles. The Balaban J connectivity index is 1.36. The Kier molecular flexibility index (Phi) is 6.17. The van der Waals surface area contributed by atoms with Crippen LogP contribution in [0.25, 0.3) is 0 Å². The molecule has 0 saturated carbocycles. The van der Waals surface area contributed by atoms with Gasteiger partial charge >= 0.3 is 6.03 Å². The Morgan fingerprint density at radius 1 is 0.923 bits per heavy atom. The predicted octanol–water partition coefficient (Wildman–Crippen LogP) is -0.609. The largest absolute Gasteiger partial charge is 0.390 e. The number of hydrogen-bond acceptors (Lipinski definition) is 6. The first-order valence-electron chi connectivity index (χ1n) is 9.84. The van der Waals surface area contributed by atoms with Crippen LogP contribution in [0.4, 0.5) is 4.79 Å². The van der Waals surface area contributed by atoms with Crippen molar-refractivity contribution in [2.45, 2.75) is 38.3 Å². The zero-order valence-electron chi connectivity index (χ0n) is 16.1. The van der Waals surface area contributed by atoms with E-state index in [1.807, 2.05) is 0 Å². The molecule has 0 radical (unpaired) electrons. The minimum Gasteiger partial charge on any atom is -0.390 e. The molecule has 0 aromatic rings. The number of imide groups is 1. The van der Waals surface area contributed by atoms with Crippen molar-refractivity contribution in [3.8, 4) is 0 Å². The molecule has 3 aliphatic heterocycles. The van der Waals surface area contributed by atoms with E-state index in [1.54, 1.807) is 13.8 Å². The number of carbonyl (C=O) groups excluding carboxylic acids is 2. The molecule has 0 spiro atoms. The van der Waals surface area contributed by atoms with Gasteiger partial charge in [-0.05, 0) is 39.8 Å². The molecule has 3 aliphatic rings. The fraction of sp³-hybridized carbons (Fsp3) is 0.889. The number of likely N-dealkylation sites (tertiary alicyclic amines) is 1. The van der Waals surface area contributed by atoms with Crippen LogP contribution in [0.2, 0.25) is 0 Å². The highest BCUT2D eigenvalue weighted by atomic mass is 16.3. The summed E-state index contributed by atoms with van der Waals surface area (Å²) in [5.41, 5.74) is -0.877. The van der Waals surface area contributed by atoms with Crippen LogP contribution in [0.3, 0.4) is 0 Å². The second-order valence-electron chi connectivity index (χ2n) is 8.32. The van der Waals surface area contributed by atoms with Crippen molar-refractivity contribution in [2.24, 2.45) is 0 Å². The maximum Gasteiger partial charge on any atom is 0.325 e. The Morgan fingerprint density at radius 3 is 2.00 bits per heavy atom. The van der Waals surface area contributed by atoms with Crippen LogP contribution in [-0.2, 0) is 4.79 Å². The number of β-amino-alcohol motifs (C(OH)–C–C–N with tert-alkyl or cyclic N) is 1. The van der Waals surface area contributed by atoms with Crippen LogP contribution < -0.4 is 5.32 Å². The van der Waals surface area contributed by atoms with Crippen molar-refractivity contribution in [2.75, 3.05) is 65.4 Å².